The van der Waals surface area contributed by atoms with Crippen LogP contribution in [-0.4, -0.2) is 52.7 Å². The minimum atomic E-state index is -0.444. The molecule has 1 spiro atoms. The number of ether oxygens (including phenoxy) is 1. The van der Waals surface area contributed by atoms with Crippen molar-refractivity contribution < 1.29 is 9.53 Å². The van der Waals surface area contributed by atoms with E-state index in [9.17, 15) is 4.79 Å². The van der Waals surface area contributed by atoms with Crippen LogP contribution in [0.15, 0.2) is 24.3 Å². The zero-order valence-corrected chi connectivity index (χ0v) is 16.2. The Hall–Kier alpha value is -2.52. The van der Waals surface area contributed by atoms with E-state index in [4.69, 9.17) is 10.00 Å². The smallest absolute Gasteiger partial charge is 0.410 e. The largest absolute Gasteiger partial charge is 0.444 e. The number of aromatic amines is 1. The molecule has 0 unspecified atom stereocenters. The van der Waals surface area contributed by atoms with Crippen molar-refractivity contribution in [3.8, 4) is 6.07 Å². The van der Waals surface area contributed by atoms with Crippen LogP contribution in [0.3, 0.4) is 0 Å². The van der Waals surface area contributed by atoms with E-state index in [1.807, 2.05) is 37.8 Å². The van der Waals surface area contributed by atoms with Crippen molar-refractivity contribution in [2.24, 2.45) is 5.41 Å². The molecule has 2 aromatic rings. The normalized spacial score (nSPS) is 19.3. The van der Waals surface area contributed by atoms with Gasteiger partial charge in [0.25, 0.3) is 0 Å². The number of rotatable bonds is 2. The van der Waals surface area contributed by atoms with Gasteiger partial charge in [0.1, 0.15) is 17.4 Å². The molecule has 2 aliphatic heterocycles. The van der Waals surface area contributed by atoms with Crippen LogP contribution in [0.2, 0.25) is 0 Å². The van der Waals surface area contributed by atoms with Crippen molar-refractivity contribution in [1.82, 2.24) is 14.8 Å². The molecule has 0 bridgehead atoms. The number of benzene rings is 1. The van der Waals surface area contributed by atoms with Gasteiger partial charge in [-0.3, -0.25) is 4.90 Å². The molecule has 3 heterocycles. The van der Waals surface area contributed by atoms with Gasteiger partial charge < -0.3 is 14.6 Å². The van der Waals surface area contributed by atoms with Gasteiger partial charge in [0.05, 0.1) is 0 Å². The fourth-order valence-corrected chi connectivity index (χ4v) is 4.29. The minimum Gasteiger partial charge on any atom is -0.444 e. The van der Waals surface area contributed by atoms with Gasteiger partial charge in [-0.05, 0) is 51.0 Å². The van der Waals surface area contributed by atoms with Gasteiger partial charge in [-0.2, -0.15) is 5.26 Å². The van der Waals surface area contributed by atoms with E-state index in [0.717, 1.165) is 50.0 Å². The van der Waals surface area contributed by atoms with Crippen LogP contribution >= 0.6 is 0 Å². The Labute approximate surface area is 159 Å². The molecule has 1 N–H and O–H groups in total. The summed E-state index contributed by atoms with van der Waals surface area (Å²) in [7, 11) is 0. The summed E-state index contributed by atoms with van der Waals surface area (Å²) in [4.78, 5) is 19.7. The summed E-state index contributed by atoms with van der Waals surface area (Å²) < 4.78 is 5.51. The van der Waals surface area contributed by atoms with Crippen molar-refractivity contribution in [1.29, 1.82) is 5.26 Å². The summed E-state index contributed by atoms with van der Waals surface area (Å²) in [5.74, 6) is 0. The molecule has 2 saturated heterocycles. The fourth-order valence-electron chi connectivity index (χ4n) is 4.29. The Bertz CT molecular complexity index is 912. The Morgan fingerprint density at radius 3 is 2.78 bits per heavy atom. The average molecular weight is 366 g/mol. The number of carbonyl (C=O) groups is 1. The molecule has 142 valence electrons. The zero-order chi connectivity index (χ0) is 19.2. The number of nitrogens with zero attached hydrogens (tertiary/aromatic N) is 3. The summed E-state index contributed by atoms with van der Waals surface area (Å²) in [5.41, 5.74) is 2.63. The standard InChI is InChI=1S/C21H26N4O2/c1-20(2,3)27-19(26)25-7-6-21(14-25)12-24(13-21)11-15-4-5-18-16(8-15)9-17(10-22)23-18/h4-5,8-9,23H,6-7,11-14H2,1-3H3. The van der Waals surface area contributed by atoms with Gasteiger partial charge in [-0.25, -0.2) is 4.79 Å². The second-order valence-corrected chi connectivity index (χ2v) is 9.01. The predicted octanol–water partition coefficient (Wildman–Crippen LogP) is 3.48. The van der Waals surface area contributed by atoms with E-state index in [1.165, 1.54) is 5.56 Å². The predicted molar refractivity (Wildman–Crippen MR) is 103 cm³/mol. The molecular formula is C21H26N4O2. The van der Waals surface area contributed by atoms with E-state index in [1.54, 1.807) is 0 Å². The summed E-state index contributed by atoms with van der Waals surface area (Å²) in [6.45, 7) is 10.2. The number of hydrogen-bond donors (Lipinski definition) is 1. The SMILES string of the molecule is CC(C)(C)OC(=O)N1CCC2(CN(Cc3ccc4[nH]c(C#N)cc4c3)C2)C1. The lowest BCUT2D eigenvalue weighted by Gasteiger charge is -2.48. The third-order valence-corrected chi connectivity index (χ3v) is 5.42. The highest BCUT2D eigenvalue weighted by Crippen LogP contribution is 2.40. The van der Waals surface area contributed by atoms with Crippen LogP contribution in [-0.2, 0) is 11.3 Å². The highest BCUT2D eigenvalue weighted by atomic mass is 16.6. The monoisotopic (exact) mass is 366 g/mol. The quantitative estimate of drug-likeness (QED) is 0.883. The third-order valence-electron chi connectivity index (χ3n) is 5.42. The number of likely N-dealkylation sites (tertiary alicyclic amines) is 2. The van der Waals surface area contributed by atoms with Crippen LogP contribution in [0.5, 0.6) is 0 Å². The second kappa shape index (κ2) is 6.28. The van der Waals surface area contributed by atoms with Crippen molar-refractivity contribution >= 4 is 17.0 Å². The highest BCUT2D eigenvalue weighted by Gasteiger charge is 2.49. The fraction of sp³-hybridized carbons (Fsp3) is 0.524. The molecule has 6 nitrogen and oxygen atoms in total. The van der Waals surface area contributed by atoms with E-state index in [-0.39, 0.29) is 11.5 Å². The topological polar surface area (TPSA) is 72.4 Å². The molecule has 0 radical (unpaired) electrons. The van der Waals surface area contributed by atoms with Gasteiger partial charge in [-0.1, -0.05) is 6.07 Å². The zero-order valence-electron chi connectivity index (χ0n) is 16.2. The molecule has 1 aromatic carbocycles. The van der Waals surface area contributed by atoms with Crippen LogP contribution in [0, 0.1) is 16.7 Å². The van der Waals surface area contributed by atoms with Crippen molar-refractivity contribution in [3.05, 3.63) is 35.5 Å². The van der Waals surface area contributed by atoms with Gasteiger partial charge in [0.2, 0.25) is 0 Å². The van der Waals surface area contributed by atoms with Crippen molar-refractivity contribution in [2.75, 3.05) is 26.2 Å². The average Bonchev–Trinajstić information content (AvgIpc) is 3.16. The van der Waals surface area contributed by atoms with E-state index in [0.29, 0.717) is 5.69 Å². The molecule has 0 saturated carbocycles. The first-order chi connectivity index (χ1) is 12.8. The van der Waals surface area contributed by atoms with Crippen LogP contribution in [0.1, 0.15) is 38.4 Å². The van der Waals surface area contributed by atoms with Crippen LogP contribution < -0.4 is 0 Å². The first kappa shape index (κ1) is 17.9. The van der Waals surface area contributed by atoms with E-state index >= 15 is 0 Å². The lowest BCUT2D eigenvalue weighted by molar-refractivity contribution is -0.00613. The van der Waals surface area contributed by atoms with Gasteiger partial charge in [0.15, 0.2) is 0 Å². The number of aromatic nitrogens is 1. The Balaban J connectivity index is 1.33. The number of nitrogens with one attached hydrogen (secondary N) is 1. The molecule has 1 amide bonds. The van der Waals surface area contributed by atoms with Gasteiger partial charge in [0, 0.05) is 49.0 Å². The lowest BCUT2D eigenvalue weighted by atomic mass is 9.79. The molecule has 27 heavy (non-hydrogen) atoms. The molecule has 0 aliphatic carbocycles. The van der Waals surface area contributed by atoms with E-state index < -0.39 is 5.60 Å². The number of amides is 1. The Kier molecular flexibility index (Phi) is 4.15. The molecule has 4 rings (SSSR count). The van der Waals surface area contributed by atoms with E-state index in [2.05, 4.69) is 28.1 Å². The number of fused-ring (bicyclic) bond motifs is 1. The molecule has 6 heteroatoms. The van der Waals surface area contributed by atoms with Gasteiger partial charge in [-0.15, -0.1) is 0 Å². The first-order valence-corrected chi connectivity index (χ1v) is 9.47. The first-order valence-electron chi connectivity index (χ1n) is 9.47. The second-order valence-electron chi connectivity index (χ2n) is 9.01. The third kappa shape index (κ3) is 3.65. The summed E-state index contributed by atoms with van der Waals surface area (Å²) >= 11 is 0. The van der Waals surface area contributed by atoms with Crippen LogP contribution in [0.4, 0.5) is 4.79 Å². The summed E-state index contributed by atoms with van der Waals surface area (Å²) in [6.07, 6.45) is 0.856. The molecule has 2 fully saturated rings. The maximum absolute atomic E-state index is 12.3. The minimum absolute atomic E-state index is 0.191. The van der Waals surface area contributed by atoms with Crippen LogP contribution in [0.25, 0.3) is 10.9 Å². The molecular weight excluding hydrogens is 340 g/mol. The molecule has 0 atom stereocenters. The maximum atomic E-state index is 12.3. The number of H-pyrrole nitrogens is 1. The Morgan fingerprint density at radius 1 is 1.30 bits per heavy atom. The van der Waals surface area contributed by atoms with Crippen molar-refractivity contribution in [3.63, 3.8) is 0 Å². The lowest BCUT2D eigenvalue weighted by Crippen LogP contribution is -2.57. The number of hydrogen-bond acceptors (Lipinski definition) is 4. The van der Waals surface area contributed by atoms with Crippen molar-refractivity contribution in [2.45, 2.75) is 39.3 Å². The summed E-state index contributed by atoms with van der Waals surface area (Å²) in [5, 5.41) is 10.1. The van der Waals surface area contributed by atoms with Gasteiger partial charge >= 0.3 is 6.09 Å². The maximum Gasteiger partial charge on any atom is 0.410 e. The molecule has 1 aromatic heterocycles. The molecule has 2 aliphatic rings. The Morgan fingerprint density at radius 2 is 2.07 bits per heavy atom. The highest BCUT2D eigenvalue weighted by molar-refractivity contribution is 5.82. The summed E-state index contributed by atoms with van der Waals surface area (Å²) in [6, 6.07) is 10.4. The number of carbonyl (C=O) groups excluding carboxylic acids is 1. The number of nitriles is 1.